The quantitative estimate of drug-likeness (QED) is 0.106. The Kier molecular flexibility index (Phi) is 8.63. The molecule has 216 valence electrons. The number of amides is 3. The minimum absolute atomic E-state index is 0.207. The molecule has 0 unspecified atom stereocenters. The molecule has 0 radical (unpaired) electrons. The summed E-state index contributed by atoms with van der Waals surface area (Å²) in [7, 11) is 0. The molecule has 3 amide bonds. The fourth-order valence-corrected chi connectivity index (χ4v) is 5.09. The zero-order valence-electron chi connectivity index (χ0n) is 23.5. The van der Waals surface area contributed by atoms with Crippen molar-refractivity contribution in [3.8, 4) is 0 Å². The predicted molar refractivity (Wildman–Crippen MR) is 163 cm³/mol. The number of carbonyl (C=O) groups is 4. The first kappa shape index (κ1) is 28.8. The van der Waals surface area contributed by atoms with E-state index in [0.29, 0.717) is 59.5 Å². The summed E-state index contributed by atoms with van der Waals surface area (Å²) in [5, 5.41) is 5.94. The van der Waals surface area contributed by atoms with Crippen LogP contribution in [0, 0.1) is 6.57 Å². The van der Waals surface area contributed by atoms with Gasteiger partial charge in [0.25, 0.3) is 11.7 Å². The number of fused-ring (bicyclic) bond motifs is 1. The minimum atomic E-state index is -0.649. The van der Waals surface area contributed by atoms with E-state index >= 15 is 0 Å². The summed E-state index contributed by atoms with van der Waals surface area (Å²) in [6.45, 7) is 10.3. The maximum absolute atomic E-state index is 13.3. The number of ether oxygens (including phenoxy) is 1. The highest BCUT2D eigenvalue weighted by Gasteiger charge is 2.29. The average Bonchev–Trinajstić information content (AvgIpc) is 3.47. The van der Waals surface area contributed by atoms with Gasteiger partial charge >= 0.3 is 12.0 Å². The van der Waals surface area contributed by atoms with E-state index in [9.17, 15) is 19.2 Å². The van der Waals surface area contributed by atoms with Crippen LogP contribution in [0.5, 0.6) is 0 Å². The number of hydrogen-bond acceptors (Lipinski definition) is 5. The molecule has 10 heteroatoms. The highest BCUT2D eigenvalue weighted by Crippen LogP contribution is 2.30. The summed E-state index contributed by atoms with van der Waals surface area (Å²) in [5.41, 5.74) is 4.24. The monoisotopic (exact) mass is 575 g/mol. The van der Waals surface area contributed by atoms with Gasteiger partial charge < -0.3 is 25.3 Å². The number of aromatic nitrogens is 1. The van der Waals surface area contributed by atoms with Gasteiger partial charge in [0, 0.05) is 30.4 Å². The Balaban J connectivity index is 1.26. The maximum Gasteiger partial charge on any atom is 0.338 e. The number of piperidine rings is 1. The first-order valence-corrected chi connectivity index (χ1v) is 13.8. The number of esters is 1. The van der Waals surface area contributed by atoms with Gasteiger partial charge in [-0.15, -0.1) is 0 Å². The van der Waals surface area contributed by atoms with Crippen LogP contribution in [0.2, 0.25) is 0 Å². The smallest absolute Gasteiger partial charge is 0.338 e. The van der Waals surface area contributed by atoms with E-state index in [0.717, 1.165) is 11.1 Å². The molecule has 3 N–H and O–H groups in total. The van der Waals surface area contributed by atoms with E-state index in [1.807, 2.05) is 30.3 Å². The number of nitrogens with one attached hydrogen (secondary N) is 3. The van der Waals surface area contributed by atoms with Crippen molar-refractivity contribution < 1.29 is 23.9 Å². The third kappa shape index (κ3) is 6.31. The molecule has 1 aliphatic heterocycles. The van der Waals surface area contributed by atoms with Crippen LogP contribution >= 0.6 is 0 Å². The lowest BCUT2D eigenvalue weighted by atomic mass is 9.97. The summed E-state index contributed by atoms with van der Waals surface area (Å²) < 4.78 is 5.01. The topological polar surface area (TPSA) is 125 Å². The molecule has 0 bridgehead atoms. The molecule has 43 heavy (non-hydrogen) atoms. The van der Waals surface area contributed by atoms with Gasteiger partial charge in [0.05, 0.1) is 35.5 Å². The van der Waals surface area contributed by atoms with Gasteiger partial charge in [0.1, 0.15) is 0 Å². The largest absolute Gasteiger partial charge is 0.462 e. The number of ketones is 1. The molecule has 0 spiro atoms. The number of likely N-dealkylation sites (tertiary alicyclic amines) is 1. The van der Waals surface area contributed by atoms with Crippen LogP contribution in [0.1, 0.15) is 46.0 Å². The number of urea groups is 1. The van der Waals surface area contributed by atoms with Gasteiger partial charge in [-0.3, -0.25) is 9.59 Å². The van der Waals surface area contributed by atoms with Crippen LogP contribution in [-0.4, -0.2) is 53.3 Å². The van der Waals surface area contributed by atoms with E-state index in [-0.39, 0.29) is 12.2 Å². The van der Waals surface area contributed by atoms with Crippen LogP contribution in [-0.2, 0) is 9.53 Å². The number of carbonyl (C=O) groups excluding carboxylic acids is 4. The number of H-pyrrole nitrogens is 1. The highest BCUT2D eigenvalue weighted by atomic mass is 16.5. The SMILES string of the molecule is [C-]#[N+]C(=C1CCN(C(=O)C(=O)c2c[nH]c3c(NC(=O)Nc4cccc(C(=O)OCC)c4)cccc23)CC1)c1ccccc1. The summed E-state index contributed by atoms with van der Waals surface area (Å²) in [6.07, 6.45) is 2.51. The molecular weight excluding hydrogens is 546 g/mol. The van der Waals surface area contributed by atoms with Crippen molar-refractivity contribution in [3.05, 3.63) is 113 Å². The fourth-order valence-electron chi connectivity index (χ4n) is 5.09. The number of nitrogens with zero attached hydrogens (tertiary/aromatic N) is 2. The van der Waals surface area contributed by atoms with Gasteiger partial charge in [0.15, 0.2) is 5.70 Å². The Bertz CT molecular complexity index is 1770. The third-order valence-corrected chi connectivity index (χ3v) is 7.18. The van der Waals surface area contributed by atoms with E-state index in [4.69, 9.17) is 11.3 Å². The van der Waals surface area contributed by atoms with Crippen LogP contribution in [0.25, 0.3) is 21.4 Å². The van der Waals surface area contributed by atoms with Crippen LogP contribution < -0.4 is 10.6 Å². The number of rotatable bonds is 7. The zero-order chi connectivity index (χ0) is 30.3. The predicted octanol–water partition coefficient (Wildman–Crippen LogP) is 6.12. The fraction of sp³-hybridized carbons (Fsp3) is 0.182. The van der Waals surface area contributed by atoms with Gasteiger partial charge in [-0.1, -0.05) is 54.1 Å². The summed E-state index contributed by atoms with van der Waals surface area (Å²) in [5.74, 6) is -1.75. The molecule has 1 aliphatic rings. The summed E-state index contributed by atoms with van der Waals surface area (Å²) in [6, 6.07) is 20.4. The Labute approximate surface area is 248 Å². The molecule has 1 fully saturated rings. The van der Waals surface area contributed by atoms with E-state index in [1.165, 1.54) is 17.2 Å². The number of Topliss-reactive ketones (excluding diaryl/α,β-unsaturated/α-hetero) is 1. The van der Waals surface area contributed by atoms with Gasteiger partial charge in [-0.2, -0.15) is 0 Å². The molecule has 1 aromatic heterocycles. The van der Waals surface area contributed by atoms with Crippen molar-refractivity contribution in [1.29, 1.82) is 0 Å². The van der Waals surface area contributed by atoms with Gasteiger partial charge in [-0.05, 0) is 49.6 Å². The normalized spacial score (nSPS) is 12.7. The first-order valence-electron chi connectivity index (χ1n) is 13.8. The summed E-state index contributed by atoms with van der Waals surface area (Å²) >= 11 is 0. The van der Waals surface area contributed by atoms with Crippen molar-refractivity contribution in [2.75, 3.05) is 30.3 Å². The average molecular weight is 576 g/mol. The van der Waals surface area contributed by atoms with Crippen LogP contribution in [0.4, 0.5) is 16.2 Å². The zero-order valence-corrected chi connectivity index (χ0v) is 23.5. The molecule has 0 atom stereocenters. The second-order valence-corrected chi connectivity index (χ2v) is 9.86. The Morgan fingerprint density at radius 1 is 0.930 bits per heavy atom. The highest BCUT2D eigenvalue weighted by molar-refractivity contribution is 6.45. The molecule has 5 rings (SSSR count). The molecule has 10 nitrogen and oxygen atoms in total. The van der Waals surface area contributed by atoms with Crippen molar-refractivity contribution in [1.82, 2.24) is 9.88 Å². The third-order valence-electron chi connectivity index (χ3n) is 7.18. The molecule has 2 heterocycles. The molecular formula is C33H29N5O5. The number of benzene rings is 3. The van der Waals surface area contributed by atoms with E-state index in [2.05, 4.69) is 20.5 Å². The molecule has 0 aliphatic carbocycles. The molecule has 1 saturated heterocycles. The number of aromatic amines is 1. The lowest BCUT2D eigenvalue weighted by Gasteiger charge is -2.28. The minimum Gasteiger partial charge on any atom is -0.462 e. The second-order valence-electron chi connectivity index (χ2n) is 9.86. The Hall–Kier alpha value is -5.69. The molecule has 0 saturated carbocycles. The molecule has 4 aromatic rings. The Morgan fingerprint density at radius 2 is 1.65 bits per heavy atom. The van der Waals surface area contributed by atoms with E-state index in [1.54, 1.807) is 43.3 Å². The van der Waals surface area contributed by atoms with Gasteiger partial charge in [-0.25, -0.2) is 14.4 Å². The van der Waals surface area contributed by atoms with Crippen molar-refractivity contribution in [2.45, 2.75) is 19.8 Å². The standard InChI is InChI=1S/C33H29N5O5/c1-3-43-32(41)23-11-7-12-24(19-23)36-33(42)37-27-14-8-13-25-26(20-35-29(25)27)30(39)31(40)38-17-15-22(16-18-38)28(34-2)21-9-5-4-6-10-21/h4-14,19-20,35H,3,15-18H2,1H3,(H2,36,37,42). The van der Waals surface area contributed by atoms with Crippen molar-refractivity contribution in [3.63, 3.8) is 0 Å². The lowest BCUT2D eigenvalue weighted by Crippen LogP contribution is -2.40. The van der Waals surface area contributed by atoms with Crippen LogP contribution in [0.15, 0.2) is 84.6 Å². The van der Waals surface area contributed by atoms with Crippen LogP contribution in [0.3, 0.4) is 0 Å². The maximum atomic E-state index is 13.3. The number of para-hydroxylation sites is 1. The number of hydrogen-bond donors (Lipinski definition) is 3. The number of anilines is 2. The first-order chi connectivity index (χ1) is 20.9. The van der Waals surface area contributed by atoms with Crippen molar-refractivity contribution >= 4 is 51.7 Å². The van der Waals surface area contributed by atoms with E-state index < -0.39 is 23.7 Å². The summed E-state index contributed by atoms with van der Waals surface area (Å²) in [4.78, 5) is 59.6. The van der Waals surface area contributed by atoms with Crippen molar-refractivity contribution in [2.24, 2.45) is 0 Å². The lowest BCUT2D eigenvalue weighted by molar-refractivity contribution is -0.126. The van der Waals surface area contributed by atoms with Gasteiger partial charge in [0.2, 0.25) is 0 Å². The second kappa shape index (κ2) is 12.9. The molecule has 3 aromatic carbocycles. The Morgan fingerprint density at radius 3 is 2.37 bits per heavy atom.